The lowest BCUT2D eigenvalue weighted by Gasteiger charge is -2.27. The molecule has 1 aromatic carbocycles. The second-order valence-corrected chi connectivity index (χ2v) is 9.14. The molecule has 9 heteroatoms. The van der Waals surface area contributed by atoms with Crippen molar-refractivity contribution in [2.75, 3.05) is 27.9 Å². The Hall–Kier alpha value is -2.97. The molecule has 0 bridgehead atoms. The predicted octanol–water partition coefficient (Wildman–Crippen LogP) is 2.80. The molecule has 0 heterocycles. The maximum Gasteiger partial charge on any atom is 0.253 e. The largest absolute Gasteiger partial charge is 0.493 e. The van der Waals surface area contributed by atoms with Crippen LogP contribution in [0.3, 0.4) is 0 Å². The van der Waals surface area contributed by atoms with Gasteiger partial charge >= 0.3 is 0 Å². The molecule has 1 saturated carbocycles. The minimum Gasteiger partial charge on any atom is -0.493 e. The highest BCUT2D eigenvalue weighted by atomic mass is 16.5. The third kappa shape index (κ3) is 8.11. The van der Waals surface area contributed by atoms with E-state index in [4.69, 9.17) is 19.9 Å². The highest BCUT2D eigenvalue weighted by Crippen LogP contribution is 2.40. The third-order valence-corrected chi connectivity index (χ3v) is 5.99. The van der Waals surface area contributed by atoms with E-state index in [0.717, 1.165) is 12.8 Å². The van der Waals surface area contributed by atoms with Crippen LogP contribution in [0, 0.1) is 11.8 Å². The van der Waals surface area contributed by atoms with Crippen molar-refractivity contribution in [2.45, 2.75) is 64.8 Å². The number of guanidine groups is 1. The molecule has 0 spiro atoms. The molecule has 0 saturated heterocycles. The normalized spacial score (nSPS) is 15.5. The van der Waals surface area contributed by atoms with Gasteiger partial charge in [0.1, 0.15) is 6.04 Å². The van der Waals surface area contributed by atoms with Crippen molar-refractivity contribution in [1.29, 1.82) is 0 Å². The van der Waals surface area contributed by atoms with Crippen molar-refractivity contribution in [3.8, 4) is 17.2 Å². The minimum absolute atomic E-state index is 0.0429. The Balaban J connectivity index is 2.11. The SMILES string of the molecule is COc1ccc(CC(=O)N=C(N)NC(CC2CCCCC2)C(=O)NCC(C)C)c(OC)c1OC. The number of nitrogens with one attached hydrogen (secondary N) is 2. The zero-order valence-corrected chi connectivity index (χ0v) is 21.1. The summed E-state index contributed by atoms with van der Waals surface area (Å²) in [6.45, 7) is 4.66. The van der Waals surface area contributed by atoms with Gasteiger partial charge in [-0.25, -0.2) is 0 Å². The van der Waals surface area contributed by atoms with Crippen LogP contribution in [0.25, 0.3) is 0 Å². The lowest BCUT2D eigenvalue weighted by molar-refractivity contribution is -0.123. The summed E-state index contributed by atoms with van der Waals surface area (Å²) in [5.41, 5.74) is 6.66. The van der Waals surface area contributed by atoms with Crippen molar-refractivity contribution in [3.05, 3.63) is 17.7 Å². The number of hydrogen-bond acceptors (Lipinski definition) is 5. The lowest BCUT2D eigenvalue weighted by atomic mass is 9.84. The summed E-state index contributed by atoms with van der Waals surface area (Å²) in [4.78, 5) is 29.5. The average molecular weight is 477 g/mol. The standard InChI is InChI=1S/C25H40N4O5/c1-16(2)15-27-24(31)19(13-17-9-7-6-8-10-17)28-25(26)29-21(30)14-18-11-12-20(32-3)23(34-5)22(18)33-4/h11-12,16-17,19H,6-10,13-15H2,1-5H3,(H,27,31)(H3,26,28,29,30). The molecule has 0 radical (unpaired) electrons. The van der Waals surface area contributed by atoms with Crippen LogP contribution in [0.4, 0.5) is 0 Å². The molecule has 4 N–H and O–H groups in total. The number of benzene rings is 1. The summed E-state index contributed by atoms with van der Waals surface area (Å²) in [6, 6.07) is 2.89. The van der Waals surface area contributed by atoms with Gasteiger partial charge in [-0.15, -0.1) is 0 Å². The van der Waals surface area contributed by atoms with E-state index < -0.39 is 11.9 Å². The highest BCUT2D eigenvalue weighted by molar-refractivity contribution is 5.96. The van der Waals surface area contributed by atoms with Crippen LogP contribution in [0.5, 0.6) is 17.2 Å². The molecule has 34 heavy (non-hydrogen) atoms. The van der Waals surface area contributed by atoms with Gasteiger partial charge in [-0.3, -0.25) is 9.59 Å². The fourth-order valence-corrected chi connectivity index (χ4v) is 4.27. The Bertz CT molecular complexity index is 850. The third-order valence-electron chi connectivity index (χ3n) is 5.99. The van der Waals surface area contributed by atoms with E-state index in [1.54, 1.807) is 12.1 Å². The monoisotopic (exact) mass is 476 g/mol. The van der Waals surface area contributed by atoms with Crippen molar-refractivity contribution < 1.29 is 23.8 Å². The molecule has 190 valence electrons. The van der Waals surface area contributed by atoms with E-state index in [1.165, 1.54) is 40.6 Å². The van der Waals surface area contributed by atoms with E-state index in [2.05, 4.69) is 15.6 Å². The van der Waals surface area contributed by atoms with Gasteiger partial charge in [-0.1, -0.05) is 52.0 Å². The number of ether oxygens (including phenoxy) is 3. The van der Waals surface area contributed by atoms with Gasteiger partial charge in [-0.2, -0.15) is 4.99 Å². The molecule has 2 rings (SSSR count). The zero-order chi connectivity index (χ0) is 25.1. The first kappa shape index (κ1) is 27.3. The smallest absolute Gasteiger partial charge is 0.253 e. The fourth-order valence-electron chi connectivity index (χ4n) is 4.27. The molecule has 1 unspecified atom stereocenters. The molecular weight excluding hydrogens is 436 g/mol. The van der Waals surface area contributed by atoms with E-state index in [-0.39, 0.29) is 18.3 Å². The number of carbonyl (C=O) groups is 2. The van der Waals surface area contributed by atoms with Crippen LogP contribution in [0.1, 0.15) is 57.9 Å². The Morgan fingerprint density at radius 1 is 1.06 bits per heavy atom. The number of aliphatic imine (C=N–C) groups is 1. The first-order valence-corrected chi connectivity index (χ1v) is 12.0. The second kappa shape index (κ2) is 13.7. The van der Waals surface area contributed by atoms with Crippen LogP contribution >= 0.6 is 0 Å². The topological polar surface area (TPSA) is 124 Å². The van der Waals surface area contributed by atoms with E-state index in [1.807, 2.05) is 13.8 Å². The molecule has 1 fully saturated rings. The predicted molar refractivity (Wildman–Crippen MR) is 132 cm³/mol. The minimum atomic E-state index is -0.533. The van der Waals surface area contributed by atoms with E-state index in [0.29, 0.717) is 47.6 Å². The Labute approximate surface area is 202 Å². The molecule has 0 aromatic heterocycles. The summed E-state index contributed by atoms with van der Waals surface area (Å²) in [5, 5.41) is 5.96. The Morgan fingerprint density at radius 2 is 1.74 bits per heavy atom. The van der Waals surface area contributed by atoms with E-state index >= 15 is 0 Å². The molecule has 2 amide bonds. The quantitative estimate of drug-likeness (QED) is 0.331. The average Bonchev–Trinajstić information content (AvgIpc) is 2.82. The summed E-state index contributed by atoms with van der Waals surface area (Å²) < 4.78 is 16.1. The van der Waals surface area contributed by atoms with Crippen molar-refractivity contribution >= 4 is 17.8 Å². The van der Waals surface area contributed by atoms with Crippen LogP contribution < -0.4 is 30.6 Å². The Morgan fingerprint density at radius 3 is 2.32 bits per heavy atom. The first-order valence-electron chi connectivity index (χ1n) is 12.0. The summed E-state index contributed by atoms with van der Waals surface area (Å²) >= 11 is 0. The van der Waals surface area contributed by atoms with Crippen molar-refractivity contribution in [3.63, 3.8) is 0 Å². The number of methoxy groups -OCH3 is 3. The van der Waals surface area contributed by atoms with E-state index in [9.17, 15) is 9.59 Å². The van der Waals surface area contributed by atoms with Crippen LogP contribution in [-0.2, 0) is 16.0 Å². The van der Waals surface area contributed by atoms with Gasteiger partial charge in [0.2, 0.25) is 11.7 Å². The number of rotatable bonds is 11. The summed E-state index contributed by atoms with van der Waals surface area (Å²) in [6.07, 6.45) is 6.43. The number of amides is 2. The van der Waals surface area contributed by atoms with Crippen molar-refractivity contribution in [2.24, 2.45) is 22.6 Å². The number of nitrogens with two attached hydrogens (primary N) is 1. The molecule has 0 aliphatic heterocycles. The fraction of sp³-hybridized carbons (Fsp3) is 0.640. The van der Waals surface area contributed by atoms with Gasteiger partial charge in [-0.05, 0) is 24.3 Å². The molecule has 1 aromatic rings. The second-order valence-electron chi connectivity index (χ2n) is 9.14. The first-order chi connectivity index (χ1) is 16.3. The maximum atomic E-state index is 12.8. The molecule has 1 aliphatic carbocycles. The van der Waals surface area contributed by atoms with Gasteiger partial charge in [0.05, 0.1) is 27.8 Å². The number of carbonyl (C=O) groups excluding carboxylic acids is 2. The Kier molecular flexibility index (Phi) is 11.0. The molecule has 9 nitrogen and oxygen atoms in total. The lowest BCUT2D eigenvalue weighted by Crippen LogP contribution is -2.51. The van der Waals surface area contributed by atoms with Gasteiger partial charge in [0.15, 0.2) is 17.5 Å². The van der Waals surface area contributed by atoms with Gasteiger partial charge in [0, 0.05) is 12.1 Å². The summed E-state index contributed by atoms with van der Waals surface area (Å²) in [7, 11) is 4.53. The molecule has 1 aliphatic rings. The maximum absolute atomic E-state index is 12.8. The van der Waals surface area contributed by atoms with Crippen LogP contribution in [0.2, 0.25) is 0 Å². The summed E-state index contributed by atoms with van der Waals surface area (Å²) in [5.74, 6) is 1.45. The number of nitrogens with zero attached hydrogens (tertiary/aromatic N) is 1. The van der Waals surface area contributed by atoms with Crippen LogP contribution in [0.15, 0.2) is 17.1 Å². The highest BCUT2D eigenvalue weighted by Gasteiger charge is 2.25. The zero-order valence-electron chi connectivity index (χ0n) is 21.1. The van der Waals surface area contributed by atoms with Crippen LogP contribution in [-0.4, -0.2) is 51.7 Å². The molecular formula is C25H40N4O5. The molecule has 1 atom stereocenters. The van der Waals surface area contributed by atoms with Gasteiger partial charge < -0.3 is 30.6 Å². The van der Waals surface area contributed by atoms with Gasteiger partial charge in [0.25, 0.3) is 5.91 Å². The van der Waals surface area contributed by atoms with Crippen molar-refractivity contribution in [1.82, 2.24) is 10.6 Å². The number of hydrogen-bond donors (Lipinski definition) is 3.